The first-order valence-corrected chi connectivity index (χ1v) is 5.59. The van der Waals surface area contributed by atoms with Crippen molar-refractivity contribution in [1.29, 1.82) is 0 Å². The molecule has 2 rings (SSSR count). The lowest BCUT2D eigenvalue weighted by Gasteiger charge is -2.32. The highest BCUT2D eigenvalue weighted by molar-refractivity contribution is 4.91. The van der Waals surface area contributed by atoms with Crippen molar-refractivity contribution in [3.8, 4) is 0 Å². The van der Waals surface area contributed by atoms with Gasteiger partial charge in [-0.1, -0.05) is 11.6 Å². The summed E-state index contributed by atoms with van der Waals surface area (Å²) in [7, 11) is 2.19. The molecule has 0 bridgehead atoms. The quantitative estimate of drug-likeness (QED) is 0.773. The average molecular weight is 209 g/mol. The molecule has 5 heteroatoms. The fourth-order valence-electron chi connectivity index (χ4n) is 2.11. The second-order valence-corrected chi connectivity index (χ2v) is 4.27. The molecule has 5 nitrogen and oxygen atoms in total. The van der Waals surface area contributed by atoms with Crippen LogP contribution in [0.1, 0.15) is 25.0 Å². The summed E-state index contributed by atoms with van der Waals surface area (Å²) in [5.74, 6) is 0. The molecule has 0 amide bonds. The molecule has 1 aliphatic heterocycles. The number of likely N-dealkylation sites (tertiary alicyclic amines) is 1. The summed E-state index contributed by atoms with van der Waals surface area (Å²) in [6.45, 7) is 2.60. The number of hydrogen-bond donors (Lipinski definition) is 1. The Morgan fingerprint density at radius 1 is 1.53 bits per heavy atom. The number of likely N-dealkylation sites (N-methyl/N-ethyl adjacent to an activating group) is 1. The summed E-state index contributed by atoms with van der Waals surface area (Å²) >= 11 is 0. The van der Waals surface area contributed by atoms with Crippen LogP contribution in [0.2, 0.25) is 0 Å². The van der Waals surface area contributed by atoms with Crippen molar-refractivity contribution in [1.82, 2.24) is 19.9 Å². The van der Waals surface area contributed by atoms with Crippen LogP contribution in [0.5, 0.6) is 0 Å². The van der Waals surface area contributed by atoms with Crippen LogP contribution in [0.4, 0.5) is 0 Å². The molecule has 1 atom stereocenters. The Morgan fingerprint density at radius 2 is 2.40 bits per heavy atom. The van der Waals surface area contributed by atoms with Crippen molar-refractivity contribution >= 4 is 0 Å². The molecule has 0 aromatic carbocycles. The number of aromatic nitrogens is 3. The van der Waals surface area contributed by atoms with Gasteiger partial charge in [0.25, 0.3) is 0 Å². The summed E-state index contributed by atoms with van der Waals surface area (Å²) in [6, 6.07) is 0.603. The van der Waals surface area contributed by atoms with Gasteiger partial charge in [0.05, 0.1) is 12.2 Å². The van der Waals surface area contributed by atoms with Crippen LogP contribution in [0.15, 0.2) is 6.20 Å². The third-order valence-electron chi connectivity index (χ3n) is 3.11. The lowest BCUT2D eigenvalue weighted by Crippen LogP contribution is -2.39. The van der Waals surface area contributed by atoms with E-state index in [2.05, 4.69) is 22.3 Å². The van der Waals surface area contributed by atoms with E-state index < -0.39 is 0 Å². The molecular weight excluding hydrogens is 190 g/mol. The highest BCUT2D eigenvalue weighted by Crippen LogP contribution is 2.16. The molecule has 0 saturated carbocycles. The van der Waals surface area contributed by atoms with Crippen LogP contribution in [0.3, 0.4) is 0 Å². The summed E-state index contributed by atoms with van der Waals surface area (Å²) < 4.78 is 1.91. The average Bonchev–Trinajstić information content (AvgIpc) is 2.69. The van der Waals surface area contributed by atoms with E-state index in [9.17, 15) is 0 Å². The normalized spacial score (nSPS) is 23.2. The van der Waals surface area contributed by atoms with Crippen LogP contribution >= 0.6 is 0 Å². The van der Waals surface area contributed by atoms with Gasteiger partial charge in [0.15, 0.2) is 0 Å². The van der Waals surface area contributed by atoms with E-state index in [1.807, 2.05) is 10.9 Å². The monoisotopic (exact) mass is 209 g/mol. The fourth-order valence-corrected chi connectivity index (χ4v) is 2.11. The van der Waals surface area contributed by atoms with E-state index in [1.54, 1.807) is 0 Å². The topological polar surface area (TPSA) is 60.0 Å². The van der Waals surface area contributed by atoms with Gasteiger partial charge < -0.3 is 10.6 Å². The molecular formula is C10H19N5. The maximum Gasteiger partial charge on any atom is 0.0962 e. The van der Waals surface area contributed by atoms with E-state index in [1.165, 1.54) is 25.8 Å². The Bertz CT molecular complexity index is 309. The first-order chi connectivity index (χ1) is 7.29. The zero-order chi connectivity index (χ0) is 10.7. The van der Waals surface area contributed by atoms with Gasteiger partial charge in [0, 0.05) is 18.8 Å². The summed E-state index contributed by atoms with van der Waals surface area (Å²) in [5.41, 5.74) is 6.37. The third kappa shape index (κ3) is 2.54. The number of rotatable bonds is 3. The molecule has 0 unspecified atom stereocenters. The Morgan fingerprint density at radius 3 is 3.07 bits per heavy atom. The molecule has 1 fully saturated rings. The summed E-state index contributed by atoms with van der Waals surface area (Å²) in [6.07, 6.45) is 5.85. The zero-order valence-corrected chi connectivity index (χ0v) is 9.26. The predicted molar refractivity (Wildman–Crippen MR) is 58.2 cm³/mol. The molecule has 0 aliphatic carbocycles. The van der Waals surface area contributed by atoms with Crippen molar-refractivity contribution in [3.05, 3.63) is 11.9 Å². The van der Waals surface area contributed by atoms with Crippen molar-refractivity contribution in [2.45, 2.75) is 38.4 Å². The van der Waals surface area contributed by atoms with Gasteiger partial charge >= 0.3 is 0 Å². The van der Waals surface area contributed by atoms with Gasteiger partial charge in [-0.3, -0.25) is 4.68 Å². The van der Waals surface area contributed by atoms with Crippen LogP contribution in [-0.4, -0.2) is 39.5 Å². The Kier molecular flexibility index (Phi) is 3.33. The predicted octanol–water partition coefficient (Wildman–Crippen LogP) is 0.221. The number of nitrogens with zero attached hydrogens (tertiary/aromatic N) is 4. The molecule has 2 heterocycles. The highest BCUT2D eigenvalue weighted by Gasteiger charge is 2.19. The smallest absolute Gasteiger partial charge is 0.0962 e. The second kappa shape index (κ2) is 4.72. The minimum Gasteiger partial charge on any atom is -0.325 e. The first kappa shape index (κ1) is 10.6. The van der Waals surface area contributed by atoms with Crippen LogP contribution in [-0.2, 0) is 13.1 Å². The Hall–Kier alpha value is -0.940. The van der Waals surface area contributed by atoms with E-state index >= 15 is 0 Å². The van der Waals surface area contributed by atoms with Crippen molar-refractivity contribution in [3.63, 3.8) is 0 Å². The molecule has 1 aromatic rings. The number of hydrogen-bond acceptors (Lipinski definition) is 4. The molecule has 0 spiro atoms. The highest BCUT2D eigenvalue weighted by atomic mass is 15.4. The molecule has 1 aliphatic rings. The first-order valence-electron chi connectivity index (χ1n) is 5.59. The number of nitrogens with two attached hydrogens (primary N) is 1. The fraction of sp³-hybridized carbons (Fsp3) is 0.800. The lowest BCUT2D eigenvalue weighted by molar-refractivity contribution is 0.162. The lowest BCUT2D eigenvalue weighted by atomic mass is 10.0. The minimum atomic E-state index is 0.473. The maximum atomic E-state index is 5.50. The van der Waals surface area contributed by atoms with E-state index in [0.717, 1.165) is 12.2 Å². The van der Waals surface area contributed by atoms with Gasteiger partial charge in [-0.25, -0.2) is 0 Å². The van der Waals surface area contributed by atoms with Gasteiger partial charge in [-0.15, -0.1) is 5.10 Å². The Labute approximate surface area is 90.2 Å². The van der Waals surface area contributed by atoms with Gasteiger partial charge in [-0.2, -0.15) is 0 Å². The zero-order valence-electron chi connectivity index (χ0n) is 9.26. The van der Waals surface area contributed by atoms with Crippen LogP contribution in [0.25, 0.3) is 0 Å². The standard InChI is InChI=1S/C10H19N5/c1-14-5-3-2-4-10(14)8-15-7-9(6-11)12-13-15/h7,10H,2-6,8,11H2,1H3/t10-/m1/s1. The molecule has 15 heavy (non-hydrogen) atoms. The van der Waals surface area contributed by atoms with Crippen molar-refractivity contribution in [2.75, 3.05) is 13.6 Å². The van der Waals surface area contributed by atoms with Crippen molar-refractivity contribution in [2.24, 2.45) is 5.73 Å². The SMILES string of the molecule is CN1CCCC[C@@H]1Cn1cc(CN)nn1. The largest absolute Gasteiger partial charge is 0.325 e. The van der Waals surface area contributed by atoms with Gasteiger partial charge in [-0.05, 0) is 26.4 Å². The van der Waals surface area contributed by atoms with Gasteiger partial charge in [0.2, 0.25) is 0 Å². The van der Waals surface area contributed by atoms with Crippen molar-refractivity contribution < 1.29 is 0 Å². The molecule has 1 aromatic heterocycles. The Balaban J connectivity index is 1.95. The maximum absolute atomic E-state index is 5.50. The van der Waals surface area contributed by atoms with Gasteiger partial charge in [0.1, 0.15) is 0 Å². The van der Waals surface area contributed by atoms with E-state index in [0.29, 0.717) is 12.6 Å². The third-order valence-corrected chi connectivity index (χ3v) is 3.11. The van der Waals surface area contributed by atoms with E-state index in [4.69, 9.17) is 5.73 Å². The molecule has 2 N–H and O–H groups in total. The summed E-state index contributed by atoms with van der Waals surface area (Å²) in [5, 5.41) is 8.07. The van der Waals surface area contributed by atoms with E-state index in [-0.39, 0.29) is 0 Å². The number of piperidine rings is 1. The molecule has 84 valence electrons. The van der Waals surface area contributed by atoms with Crippen LogP contribution < -0.4 is 5.73 Å². The summed E-state index contributed by atoms with van der Waals surface area (Å²) in [4.78, 5) is 2.41. The minimum absolute atomic E-state index is 0.473. The molecule has 1 saturated heterocycles. The second-order valence-electron chi connectivity index (χ2n) is 4.27. The molecule has 0 radical (unpaired) electrons. The van der Waals surface area contributed by atoms with Crippen LogP contribution in [0, 0.1) is 0 Å².